The molecule has 1 unspecified atom stereocenters. The predicted molar refractivity (Wildman–Crippen MR) is 78.6 cm³/mol. The van der Waals surface area contributed by atoms with E-state index in [-0.39, 0.29) is 12.5 Å². The topological polar surface area (TPSA) is 78.9 Å². The Morgan fingerprint density at radius 2 is 2.24 bits per heavy atom. The maximum atomic E-state index is 12.4. The summed E-state index contributed by atoms with van der Waals surface area (Å²) in [4.78, 5) is 24.9. The molecule has 0 aliphatic carbocycles. The number of anilines is 1. The van der Waals surface area contributed by atoms with Crippen LogP contribution in [0.4, 0.5) is 5.69 Å². The number of hydrogen-bond acceptors (Lipinski definition) is 4. The van der Waals surface area contributed by atoms with Crippen LogP contribution in [0.3, 0.4) is 0 Å². The summed E-state index contributed by atoms with van der Waals surface area (Å²) in [6.45, 7) is 2.46. The zero-order valence-electron chi connectivity index (χ0n) is 12.3. The number of likely N-dealkylation sites (tertiary alicyclic amines) is 1. The lowest BCUT2D eigenvalue weighted by atomic mass is 10.1. The summed E-state index contributed by atoms with van der Waals surface area (Å²) in [5.41, 5.74) is 1.63. The molecule has 1 aliphatic rings. The van der Waals surface area contributed by atoms with Crippen molar-refractivity contribution in [2.24, 2.45) is 0 Å². The van der Waals surface area contributed by atoms with Crippen LogP contribution in [0.1, 0.15) is 18.4 Å². The first kappa shape index (κ1) is 15.3. The molecule has 1 fully saturated rings. The molecule has 0 bridgehead atoms. The number of carbonyl (C=O) groups is 2. The second kappa shape index (κ2) is 6.58. The van der Waals surface area contributed by atoms with Gasteiger partial charge in [0.25, 0.3) is 0 Å². The van der Waals surface area contributed by atoms with Gasteiger partial charge in [-0.25, -0.2) is 0 Å². The predicted octanol–water partition coefficient (Wildman–Crippen LogP) is 1.49. The van der Waals surface area contributed by atoms with E-state index in [2.05, 4.69) is 5.32 Å². The Morgan fingerprint density at radius 3 is 2.90 bits per heavy atom. The maximum Gasteiger partial charge on any atom is 0.317 e. The first-order valence-electron chi connectivity index (χ1n) is 6.92. The van der Waals surface area contributed by atoms with Gasteiger partial charge in [0, 0.05) is 0 Å². The third-order valence-electron chi connectivity index (χ3n) is 3.62. The number of aryl methyl sites for hydroxylation is 1. The molecule has 6 heteroatoms. The number of carbonyl (C=O) groups excluding carboxylic acids is 1. The van der Waals surface area contributed by atoms with Gasteiger partial charge in [-0.3, -0.25) is 14.5 Å². The van der Waals surface area contributed by atoms with Crippen molar-refractivity contribution in [1.29, 1.82) is 0 Å². The highest BCUT2D eigenvalue weighted by Crippen LogP contribution is 2.26. The summed E-state index contributed by atoms with van der Waals surface area (Å²) in [5.74, 6) is -0.503. The lowest BCUT2D eigenvalue weighted by Crippen LogP contribution is -2.42. The third-order valence-corrected chi connectivity index (χ3v) is 3.62. The Morgan fingerprint density at radius 1 is 1.48 bits per heavy atom. The van der Waals surface area contributed by atoms with E-state index < -0.39 is 12.0 Å². The Bertz CT molecular complexity index is 544. The van der Waals surface area contributed by atoms with E-state index in [4.69, 9.17) is 9.84 Å². The Kier molecular flexibility index (Phi) is 4.80. The highest BCUT2D eigenvalue weighted by Gasteiger charge is 2.32. The fraction of sp³-hybridized carbons (Fsp3) is 0.467. The molecule has 2 N–H and O–H groups in total. The van der Waals surface area contributed by atoms with Crippen molar-refractivity contribution < 1.29 is 19.4 Å². The fourth-order valence-corrected chi connectivity index (χ4v) is 2.62. The van der Waals surface area contributed by atoms with Crippen LogP contribution < -0.4 is 10.1 Å². The van der Waals surface area contributed by atoms with Crippen molar-refractivity contribution in [3.05, 3.63) is 23.8 Å². The van der Waals surface area contributed by atoms with Crippen LogP contribution in [0, 0.1) is 6.92 Å². The normalized spacial score (nSPS) is 18.5. The van der Waals surface area contributed by atoms with Crippen molar-refractivity contribution >= 4 is 17.6 Å². The molecule has 1 saturated heterocycles. The quantitative estimate of drug-likeness (QED) is 0.859. The van der Waals surface area contributed by atoms with E-state index >= 15 is 0 Å². The second-order valence-corrected chi connectivity index (χ2v) is 5.22. The lowest BCUT2D eigenvalue weighted by molar-refractivity contribution is -0.139. The summed E-state index contributed by atoms with van der Waals surface area (Å²) >= 11 is 0. The summed E-state index contributed by atoms with van der Waals surface area (Å²) < 4.78 is 5.23. The Labute approximate surface area is 123 Å². The molecule has 6 nitrogen and oxygen atoms in total. The van der Waals surface area contributed by atoms with Crippen molar-refractivity contribution in [2.45, 2.75) is 25.8 Å². The van der Waals surface area contributed by atoms with Gasteiger partial charge < -0.3 is 15.2 Å². The van der Waals surface area contributed by atoms with Crippen molar-refractivity contribution in [1.82, 2.24) is 4.90 Å². The van der Waals surface area contributed by atoms with Crippen molar-refractivity contribution in [3.63, 3.8) is 0 Å². The second-order valence-electron chi connectivity index (χ2n) is 5.22. The number of amides is 1. The average molecular weight is 292 g/mol. The number of hydrogen-bond donors (Lipinski definition) is 2. The van der Waals surface area contributed by atoms with Gasteiger partial charge in [0.2, 0.25) is 5.91 Å². The van der Waals surface area contributed by atoms with Crippen LogP contribution in [0.25, 0.3) is 0 Å². The molecule has 0 aromatic heterocycles. The first-order valence-corrected chi connectivity index (χ1v) is 6.92. The first-order chi connectivity index (χ1) is 10.0. The molecule has 1 aromatic carbocycles. The minimum Gasteiger partial charge on any atom is -0.495 e. The van der Waals surface area contributed by atoms with Crippen LogP contribution in [-0.4, -0.2) is 48.1 Å². The van der Waals surface area contributed by atoms with E-state index in [0.717, 1.165) is 12.0 Å². The van der Waals surface area contributed by atoms with Gasteiger partial charge in [-0.1, -0.05) is 6.07 Å². The highest BCUT2D eigenvalue weighted by atomic mass is 16.5. The van der Waals surface area contributed by atoms with E-state index in [1.54, 1.807) is 18.1 Å². The Balaban J connectivity index is 2.10. The van der Waals surface area contributed by atoms with Gasteiger partial charge in [-0.05, 0) is 44.0 Å². The number of benzene rings is 1. The SMILES string of the molecule is COc1ccc(C)cc1NC(=O)C1CCCN1CC(=O)O. The van der Waals surface area contributed by atoms with Gasteiger partial charge in [0.05, 0.1) is 25.4 Å². The zero-order chi connectivity index (χ0) is 15.4. The summed E-state index contributed by atoms with van der Waals surface area (Å²) in [6, 6.07) is 5.15. The van der Waals surface area contributed by atoms with E-state index in [1.165, 1.54) is 0 Å². The van der Waals surface area contributed by atoms with Gasteiger partial charge in [-0.15, -0.1) is 0 Å². The smallest absolute Gasteiger partial charge is 0.317 e. The largest absolute Gasteiger partial charge is 0.495 e. The minimum absolute atomic E-state index is 0.108. The molecular weight excluding hydrogens is 272 g/mol. The molecule has 0 spiro atoms. The molecule has 2 rings (SSSR count). The van der Waals surface area contributed by atoms with Gasteiger partial charge in [0.1, 0.15) is 5.75 Å². The molecule has 1 aliphatic heterocycles. The van der Waals surface area contributed by atoms with Gasteiger partial charge >= 0.3 is 5.97 Å². The Hall–Kier alpha value is -2.08. The van der Waals surface area contributed by atoms with Crippen LogP contribution in [0.2, 0.25) is 0 Å². The molecular formula is C15H20N2O4. The van der Waals surface area contributed by atoms with Crippen molar-refractivity contribution in [3.8, 4) is 5.75 Å². The number of aliphatic carboxylic acids is 1. The molecule has 114 valence electrons. The summed E-state index contributed by atoms with van der Waals surface area (Å²) in [5, 5.41) is 11.7. The zero-order valence-corrected chi connectivity index (χ0v) is 12.3. The molecule has 1 heterocycles. The number of carboxylic acids is 1. The summed E-state index contributed by atoms with van der Waals surface area (Å²) in [6.07, 6.45) is 1.50. The highest BCUT2D eigenvalue weighted by molar-refractivity contribution is 5.96. The van der Waals surface area contributed by atoms with Crippen LogP contribution >= 0.6 is 0 Å². The van der Waals surface area contributed by atoms with E-state index in [9.17, 15) is 9.59 Å². The number of nitrogens with one attached hydrogen (secondary N) is 1. The molecule has 1 aromatic rings. The minimum atomic E-state index is -0.914. The number of ether oxygens (including phenoxy) is 1. The monoisotopic (exact) mass is 292 g/mol. The van der Waals surface area contributed by atoms with Crippen molar-refractivity contribution in [2.75, 3.05) is 25.5 Å². The van der Waals surface area contributed by atoms with Crippen LogP contribution in [0.15, 0.2) is 18.2 Å². The summed E-state index contributed by atoms with van der Waals surface area (Å²) in [7, 11) is 1.55. The van der Waals surface area contributed by atoms with E-state index in [1.807, 2.05) is 19.1 Å². The standard InChI is InChI=1S/C15H20N2O4/c1-10-5-6-13(21-2)11(8-10)16-15(20)12-4-3-7-17(12)9-14(18)19/h5-6,8,12H,3-4,7,9H2,1-2H3,(H,16,20)(H,18,19). The van der Waals surface area contributed by atoms with E-state index in [0.29, 0.717) is 24.4 Å². The average Bonchev–Trinajstić information content (AvgIpc) is 2.86. The molecule has 1 atom stereocenters. The molecule has 0 saturated carbocycles. The number of rotatable bonds is 5. The van der Waals surface area contributed by atoms with Gasteiger partial charge in [0.15, 0.2) is 0 Å². The maximum absolute atomic E-state index is 12.4. The molecule has 1 amide bonds. The van der Waals surface area contributed by atoms with Crippen LogP contribution in [-0.2, 0) is 9.59 Å². The third kappa shape index (κ3) is 3.72. The molecule has 21 heavy (non-hydrogen) atoms. The number of methoxy groups -OCH3 is 1. The van der Waals surface area contributed by atoms with Crippen LogP contribution in [0.5, 0.6) is 5.75 Å². The number of nitrogens with zero attached hydrogens (tertiary/aromatic N) is 1. The van der Waals surface area contributed by atoms with Gasteiger partial charge in [-0.2, -0.15) is 0 Å². The molecule has 0 radical (unpaired) electrons. The fourth-order valence-electron chi connectivity index (χ4n) is 2.62. The number of carboxylic acid groups (broad SMARTS) is 1. The lowest BCUT2D eigenvalue weighted by Gasteiger charge is -2.22.